The van der Waals surface area contributed by atoms with Gasteiger partial charge in [-0.05, 0) is 18.2 Å². The highest BCUT2D eigenvalue weighted by molar-refractivity contribution is 6.35. The minimum atomic E-state index is -0.0571. The van der Waals surface area contributed by atoms with Gasteiger partial charge < -0.3 is 10.6 Å². The molecule has 0 heterocycles. The number of benzene rings is 1. The third-order valence-electron chi connectivity index (χ3n) is 1.60. The van der Waals surface area contributed by atoms with E-state index in [1.165, 1.54) is 4.90 Å². The second-order valence-electron chi connectivity index (χ2n) is 2.57. The topological polar surface area (TPSA) is 53.1 Å². The predicted molar refractivity (Wildman–Crippen MR) is 56.8 cm³/mol. The van der Waals surface area contributed by atoms with Crippen molar-refractivity contribution in [2.45, 2.75) is 0 Å². The van der Waals surface area contributed by atoms with Crippen LogP contribution in [0.4, 0.5) is 5.69 Å². The summed E-state index contributed by atoms with van der Waals surface area (Å²) in [5.41, 5.74) is 5.99. The van der Waals surface area contributed by atoms with Gasteiger partial charge in [-0.1, -0.05) is 23.2 Å². The maximum Gasteiger partial charge on any atom is 0.192 e. The van der Waals surface area contributed by atoms with Gasteiger partial charge in [0.2, 0.25) is 0 Å². The van der Waals surface area contributed by atoms with Crippen LogP contribution < -0.4 is 10.6 Å². The maximum absolute atomic E-state index is 7.20. The van der Waals surface area contributed by atoms with E-state index in [0.717, 1.165) is 0 Å². The Morgan fingerprint density at radius 3 is 2.15 bits per heavy atom. The number of hydrogen-bond acceptors (Lipinski definition) is 1. The lowest BCUT2D eigenvalue weighted by Crippen LogP contribution is -2.32. The zero-order chi connectivity index (χ0) is 10.0. The summed E-state index contributed by atoms with van der Waals surface area (Å²) < 4.78 is 0. The van der Waals surface area contributed by atoms with E-state index in [9.17, 15) is 0 Å². The molecule has 0 radical (unpaired) electrons. The predicted octanol–water partition coefficient (Wildman–Crippen LogP) is 2.32. The second-order valence-corrected chi connectivity index (χ2v) is 3.44. The molecule has 0 bridgehead atoms. The van der Waals surface area contributed by atoms with Gasteiger partial charge in [0.15, 0.2) is 5.96 Å². The van der Waals surface area contributed by atoms with Crippen LogP contribution in [0.3, 0.4) is 0 Å². The number of nitrogens with zero attached hydrogens (tertiary/aromatic N) is 1. The summed E-state index contributed by atoms with van der Waals surface area (Å²) in [4.78, 5) is 1.48. The number of nitrogens with two attached hydrogens (primary N) is 1. The Balaban J connectivity index is 3.07. The highest BCUT2D eigenvalue weighted by Gasteiger charge is 2.05. The Morgan fingerprint density at radius 1 is 1.31 bits per heavy atom. The van der Waals surface area contributed by atoms with Gasteiger partial charge in [0.1, 0.15) is 0 Å². The van der Waals surface area contributed by atoms with Crippen molar-refractivity contribution in [2.24, 2.45) is 5.73 Å². The summed E-state index contributed by atoms with van der Waals surface area (Å²) in [5, 5.41) is 8.24. The molecular weight excluding hydrogens is 209 g/mol. The van der Waals surface area contributed by atoms with Gasteiger partial charge in [-0.25, -0.2) is 0 Å². The maximum atomic E-state index is 7.20. The van der Waals surface area contributed by atoms with E-state index in [-0.39, 0.29) is 5.96 Å². The lowest BCUT2D eigenvalue weighted by atomic mass is 10.3. The molecule has 0 amide bonds. The fourth-order valence-corrected chi connectivity index (χ4v) is 1.39. The van der Waals surface area contributed by atoms with Gasteiger partial charge in [-0.15, -0.1) is 0 Å². The molecule has 3 N–H and O–H groups in total. The number of nitrogens with one attached hydrogen (secondary N) is 1. The molecule has 13 heavy (non-hydrogen) atoms. The average molecular weight is 218 g/mol. The number of halogens is 2. The van der Waals surface area contributed by atoms with Crippen molar-refractivity contribution in [1.82, 2.24) is 0 Å². The van der Waals surface area contributed by atoms with Crippen molar-refractivity contribution in [1.29, 1.82) is 5.41 Å². The molecule has 0 saturated carbocycles. The molecule has 5 heteroatoms. The third-order valence-corrected chi connectivity index (χ3v) is 2.03. The van der Waals surface area contributed by atoms with Crippen LogP contribution in [-0.4, -0.2) is 13.0 Å². The summed E-state index contributed by atoms with van der Waals surface area (Å²) in [6, 6.07) is 5.00. The number of guanidine groups is 1. The number of anilines is 1. The Morgan fingerprint density at radius 2 is 1.77 bits per heavy atom. The first-order chi connectivity index (χ1) is 6.00. The van der Waals surface area contributed by atoms with Crippen LogP contribution in [0.5, 0.6) is 0 Å². The number of rotatable bonds is 1. The van der Waals surface area contributed by atoms with Crippen molar-refractivity contribution in [2.75, 3.05) is 11.9 Å². The normalized spacial score (nSPS) is 9.77. The first kappa shape index (κ1) is 10.2. The van der Waals surface area contributed by atoms with Crippen LogP contribution in [0.15, 0.2) is 18.2 Å². The molecule has 70 valence electrons. The number of hydrogen-bond donors (Lipinski definition) is 2. The Kier molecular flexibility index (Phi) is 3.01. The van der Waals surface area contributed by atoms with E-state index in [1.807, 2.05) is 0 Å². The first-order valence-corrected chi connectivity index (χ1v) is 4.30. The lowest BCUT2D eigenvalue weighted by Gasteiger charge is -2.16. The van der Waals surface area contributed by atoms with E-state index in [4.69, 9.17) is 34.3 Å². The third kappa shape index (κ3) is 2.50. The summed E-state index contributed by atoms with van der Waals surface area (Å²) in [7, 11) is 1.67. The quantitative estimate of drug-likeness (QED) is 0.561. The molecule has 0 saturated heterocycles. The molecule has 0 fully saturated rings. The zero-order valence-electron chi connectivity index (χ0n) is 7.01. The van der Waals surface area contributed by atoms with Gasteiger partial charge in [-0.2, -0.15) is 0 Å². The van der Waals surface area contributed by atoms with E-state index in [1.54, 1.807) is 25.2 Å². The lowest BCUT2D eigenvalue weighted by molar-refractivity contribution is 1.20. The monoisotopic (exact) mass is 217 g/mol. The summed E-state index contributed by atoms with van der Waals surface area (Å²) in [5.74, 6) is -0.0571. The van der Waals surface area contributed by atoms with Gasteiger partial charge in [0.25, 0.3) is 0 Å². The van der Waals surface area contributed by atoms with Crippen LogP contribution in [0.1, 0.15) is 0 Å². The fraction of sp³-hybridized carbons (Fsp3) is 0.125. The largest absolute Gasteiger partial charge is 0.370 e. The van der Waals surface area contributed by atoms with Crippen molar-refractivity contribution >= 4 is 34.8 Å². The van der Waals surface area contributed by atoms with Crippen LogP contribution in [-0.2, 0) is 0 Å². The van der Waals surface area contributed by atoms with Crippen LogP contribution >= 0.6 is 23.2 Å². The highest BCUT2D eigenvalue weighted by atomic mass is 35.5. The molecule has 1 aromatic rings. The van der Waals surface area contributed by atoms with Gasteiger partial charge in [0, 0.05) is 22.8 Å². The van der Waals surface area contributed by atoms with Crippen molar-refractivity contribution < 1.29 is 0 Å². The molecule has 0 aliphatic rings. The summed E-state index contributed by atoms with van der Waals surface area (Å²) >= 11 is 11.6. The van der Waals surface area contributed by atoms with E-state index in [0.29, 0.717) is 15.7 Å². The van der Waals surface area contributed by atoms with Crippen molar-refractivity contribution in [3.63, 3.8) is 0 Å². The molecular formula is C8H9Cl2N3. The summed E-state index contributed by atoms with van der Waals surface area (Å²) in [6.45, 7) is 0. The van der Waals surface area contributed by atoms with Crippen LogP contribution in [0, 0.1) is 5.41 Å². The SMILES string of the molecule is CN(C(=N)N)c1cc(Cl)cc(Cl)c1. The fourth-order valence-electron chi connectivity index (χ4n) is 0.872. The Hall–Kier alpha value is -0.930. The van der Waals surface area contributed by atoms with Crippen molar-refractivity contribution in [3.8, 4) is 0 Å². The molecule has 3 nitrogen and oxygen atoms in total. The van der Waals surface area contributed by atoms with Gasteiger partial charge >= 0.3 is 0 Å². The highest BCUT2D eigenvalue weighted by Crippen LogP contribution is 2.24. The minimum Gasteiger partial charge on any atom is -0.370 e. The van der Waals surface area contributed by atoms with Crippen molar-refractivity contribution in [3.05, 3.63) is 28.2 Å². The van der Waals surface area contributed by atoms with Gasteiger partial charge in [-0.3, -0.25) is 5.41 Å². The zero-order valence-corrected chi connectivity index (χ0v) is 8.52. The molecule has 0 spiro atoms. The molecule has 0 aromatic heterocycles. The minimum absolute atomic E-state index is 0.0571. The van der Waals surface area contributed by atoms with E-state index >= 15 is 0 Å². The van der Waals surface area contributed by atoms with E-state index in [2.05, 4.69) is 0 Å². The van der Waals surface area contributed by atoms with E-state index < -0.39 is 0 Å². The van der Waals surface area contributed by atoms with Crippen LogP contribution in [0.2, 0.25) is 10.0 Å². The standard InChI is InChI=1S/C8H9Cl2N3/c1-13(8(11)12)7-3-5(9)2-6(10)4-7/h2-4H,1H3,(H3,11,12). The molecule has 0 atom stereocenters. The smallest absolute Gasteiger partial charge is 0.192 e. The Bertz CT molecular complexity index is 318. The molecule has 1 aromatic carbocycles. The molecule has 0 aliphatic heterocycles. The molecule has 0 aliphatic carbocycles. The second kappa shape index (κ2) is 3.85. The first-order valence-electron chi connectivity index (χ1n) is 3.54. The molecule has 1 rings (SSSR count). The summed E-state index contributed by atoms with van der Waals surface area (Å²) in [6.07, 6.45) is 0. The Labute approximate surface area is 86.6 Å². The average Bonchev–Trinajstić information content (AvgIpc) is 2.01. The molecule has 0 unspecified atom stereocenters. The van der Waals surface area contributed by atoms with Crippen LogP contribution in [0.25, 0.3) is 0 Å². The van der Waals surface area contributed by atoms with Gasteiger partial charge in [0.05, 0.1) is 0 Å².